The topological polar surface area (TPSA) is 47.0 Å². The maximum absolute atomic E-state index is 12.9. The number of benzene rings is 2. The Labute approximate surface area is 166 Å². The summed E-state index contributed by atoms with van der Waals surface area (Å²) in [6.07, 6.45) is 2.29. The van der Waals surface area contributed by atoms with Crippen molar-refractivity contribution < 1.29 is 9.53 Å². The van der Waals surface area contributed by atoms with E-state index in [1.165, 1.54) is 0 Å². The number of rotatable bonds is 2. The zero-order valence-electron chi connectivity index (χ0n) is 15.5. The fraction of sp³-hybridized carbons (Fsp3) is 0.227. The molecule has 0 atom stereocenters. The molecule has 0 spiro atoms. The summed E-state index contributed by atoms with van der Waals surface area (Å²) < 4.78 is 8.39. The largest absolute Gasteiger partial charge is 0.443 e. The van der Waals surface area contributed by atoms with Crippen LogP contribution in [0.1, 0.15) is 32.0 Å². The Morgan fingerprint density at radius 1 is 1.15 bits per heavy atom. The third-order valence-electron chi connectivity index (χ3n) is 4.46. The molecule has 2 heterocycles. The highest BCUT2D eigenvalue weighted by atomic mass is 79.9. The highest BCUT2D eigenvalue weighted by Crippen LogP contribution is 2.28. The van der Waals surface area contributed by atoms with Crippen molar-refractivity contribution in [2.24, 2.45) is 0 Å². The second kappa shape index (κ2) is 6.57. The molecule has 4 nitrogen and oxygen atoms in total. The first kappa shape index (κ1) is 17.9. The first-order chi connectivity index (χ1) is 12.8. The predicted octanol–water partition coefficient (Wildman–Crippen LogP) is 6.26. The Kier molecular flexibility index (Phi) is 4.35. The molecule has 0 fully saturated rings. The van der Waals surface area contributed by atoms with Crippen molar-refractivity contribution in [3.8, 4) is 0 Å². The third-order valence-corrected chi connectivity index (χ3v) is 4.96. The summed E-state index contributed by atoms with van der Waals surface area (Å²) in [5.74, 6) is 0. The van der Waals surface area contributed by atoms with Gasteiger partial charge < -0.3 is 9.72 Å². The van der Waals surface area contributed by atoms with E-state index in [1.54, 1.807) is 4.57 Å². The average molecular weight is 425 g/mol. The lowest BCUT2D eigenvalue weighted by molar-refractivity contribution is 0.0541. The average Bonchev–Trinajstić information content (AvgIpc) is 3.14. The molecule has 27 heavy (non-hydrogen) atoms. The number of halogens is 1. The van der Waals surface area contributed by atoms with Gasteiger partial charge in [-0.3, -0.25) is 0 Å². The van der Waals surface area contributed by atoms with Crippen LogP contribution >= 0.6 is 15.9 Å². The van der Waals surface area contributed by atoms with Gasteiger partial charge in [0.15, 0.2) is 0 Å². The van der Waals surface area contributed by atoms with E-state index < -0.39 is 5.60 Å². The number of nitrogens with one attached hydrogen (secondary N) is 1. The molecule has 0 saturated heterocycles. The number of carbonyl (C=O) groups excluding carboxylic acids is 1. The maximum atomic E-state index is 12.9. The summed E-state index contributed by atoms with van der Waals surface area (Å²) in [5.41, 5.74) is 3.44. The summed E-state index contributed by atoms with van der Waals surface area (Å²) in [6.45, 7) is 5.65. The van der Waals surface area contributed by atoms with Crippen LogP contribution in [0.5, 0.6) is 0 Å². The summed E-state index contributed by atoms with van der Waals surface area (Å²) in [5, 5.41) is 2.17. The number of hydrogen-bond donors (Lipinski definition) is 1. The molecule has 5 heteroatoms. The van der Waals surface area contributed by atoms with Gasteiger partial charge in [-0.25, -0.2) is 9.36 Å². The molecular weight excluding hydrogens is 404 g/mol. The van der Waals surface area contributed by atoms with Crippen molar-refractivity contribution >= 4 is 43.8 Å². The van der Waals surface area contributed by atoms with E-state index in [1.807, 2.05) is 63.4 Å². The second-order valence-corrected chi connectivity index (χ2v) is 8.61. The van der Waals surface area contributed by atoms with Gasteiger partial charge in [0.2, 0.25) is 0 Å². The molecule has 0 aliphatic carbocycles. The van der Waals surface area contributed by atoms with Gasteiger partial charge >= 0.3 is 6.09 Å². The lowest BCUT2D eigenvalue weighted by Gasteiger charge is -2.21. The van der Waals surface area contributed by atoms with E-state index in [9.17, 15) is 4.79 Å². The Morgan fingerprint density at radius 3 is 2.70 bits per heavy atom. The lowest BCUT2D eigenvalue weighted by atomic mass is 10.1. The number of aromatic nitrogens is 2. The van der Waals surface area contributed by atoms with Gasteiger partial charge in [0, 0.05) is 39.1 Å². The van der Waals surface area contributed by atoms with Gasteiger partial charge in [0.05, 0.1) is 5.52 Å². The van der Waals surface area contributed by atoms with E-state index in [2.05, 4.69) is 33.0 Å². The van der Waals surface area contributed by atoms with Gasteiger partial charge in [0.1, 0.15) is 5.60 Å². The minimum absolute atomic E-state index is 0.347. The molecule has 4 aromatic rings. The SMILES string of the molecule is CC(C)(C)OC(=O)n1c(Cc2c[nH]c3ccc(Br)cc23)cc2ccccc21. The van der Waals surface area contributed by atoms with Crippen molar-refractivity contribution in [2.75, 3.05) is 0 Å². The van der Waals surface area contributed by atoms with Crippen LogP contribution in [0.3, 0.4) is 0 Å². The van der Waals surface area contributed by atoms with Crippen LogP contribution < -0.4 is 0 Å². The van der Waals surface area contributed by atoms with Gasteiger partial charge in [-0.15, -0.1) is 0 Å². The predicted molar refractivity (Wildman–Crippen MR) is 112 cm³/mol. The zero-order chi connectivity index (χ0) is 19.2. The van der Waals surface area contributed by atoms with Crippen molar-refractivity contribution in [1.82, 2.24) is 9.55 Å². The molecule has 0 radical (unpaired) electrons. The van der Waals surface area contributed by atoms with Gasteiger partial charge in [0.25, 0.3) is 0 Å². The number of ether oxygens (including phenoxy) is 1. The fourth-order valence-corrected chi connectivity index (χ4v) is 3.72. The summed E-state index contributed by atoms with van der Waals surface area (Å²) in [6, 6.07) is 16.1. The van der Waals surface area contributed by atoms with Gasteiger partial charge in [-0.1, -0.05) is 34.1 Å². The van der Waals surface area contributed by atoms with Crippen LogP contribution in [0.2, 0.25) is 0 Å². The standard InChI is InChI=1S/C22H21BrN2O2/c1-22(2,3)27-21(26)25-17(10-14-6-4-5-7-20(14)25)11-15-13-24-19-9-8-16(23)12-18(15)19/h4-10,12-13,24H,11H2,1-3H3. The molecule has 0 saturated carbocycles. The highest BCUT2D eigenvalue weighted by molar-refractivity contribution is 9.10. The van der Waals surface area contributed by atoms with E-state index in [0.29, 0.717) is 6.42 Å². The minimum atomic E-state index is -0.550. The smallest absolute Gasteiger partial charge is 0.419 e. The highest BCUT2D eigenvalue weighted by Gasteiger charge is 2.22. The monoisotopic (exact) mass is 424 g/mol. The maximum Gasteiger partial charge on any atom is 0.419 e. The molecule has 2 aromatic carbocycles. The zero-order valence-corrected chi connectivity index (χ0v) is 17.1. The molecule has 0 amide bonds. The molecule has 0 unspecified atom stereocenters. The summed E-state index contributed by atoms with van der Waals surface area (Å²) in [7, 11) is 0. The van der Waals surface area contributed by atoms with Crippen molar-refractivity contribution in [3.05, 3.63) is 70.5 Å². The van der Waals surface area contributed by atoms with Crippen LogP contribution in [0.25, 0.3) is 21.8 Å². The van der Waals surface area contributed by atoms with Crippen molar-refractivity contribution in [2.45, 2.75) is 32.8 Å². The van der Waals surface area contributed by atoms with E-state index in [-0.39, 0.29) is 6.09 Å². The molecule has 0 aliphatic rings. The number of para-hydroxylation sites is 1. The van der Waals surface area contributed by atoms with E-state index >= 15 is 0 Å². The van der Waals surface area contributed by atoms with Crippen molar-refractivity contribution in [1.29, 1.82) is 0 Å². The molecule has 2 aromatic heterocycles. The minimum Gasteiger partial charge on any atom is -0.443 e. The number of fused-ring (bicyclic) bond motifs is 2. The Hall–Kier alpha value is -2.53. The quantitative estimate of drug-likeness (QED) is 0.412. The first-order valence-electron chi connectivity index (χ1n) is 8.90. The normalized spacial score (nSPS) is 12.0. The van der Waals surface area contributed by atoms with Crippen LogP contribution in [-0.4, -0.2) is 21.2 Å². The van der Waals surface area contributed by atoms with Gasteiger partial charge in [-0.05, 0) is 56.7 Å². The number of H-pyrrole nitrogens is 1. The Balaban J connectivity index is 1.82. The molecule has 1 N–H and O–H groups in total. The Bertz CT molecular complexity index is 1150. The summed E-state index contributed by atoms with van der Waals surface area (Å²) in [4.78, 5) is 16.2. The fourth-order valence-electron chi connectivity index (χ4n) is 3.36. The summed E-state index contributed by atoms with van der Waals surface area (Å²) >= 11 is 3.54. The van der Waals surface area contributed by atoms with Crippen LogP contribution in [0.15, 0.2) is 59.2 Å². The second-order valence-electron chi connectivity index (χ2n) is 7.69. The molecule has 4 rings (SSSR count). The number of hydrogen-bond acceptors (Lipinski definition) is 2. The van der Waals surface area contributed by atoms with E-state index in [4.69, 9.17) is 4.74 Å². The third kappa shape index (κ3) is 3.52. The van der Waals surface area contributed by atoms with Crippen LogP contribution in [-0.2, 0) is 11.2 Å². The first-order valence-corrected chi connectivity index (χ1v) is 9.69. The lowest BCUT2D eigenvalue weighted by Crippen LogP contribution is -2.28. The molecular formula is C22H21BrN2O2. The number of nitrogens with zero attached hydrogens (tertiary/aromatic N) is 1. The van der Waals surface area contributed by atoms with E-state index in [0.717, 1.165) is 37.5 Å². The van der Waals surface area contributed by atoms with Crippen molar-refractivity contribution in [3.63, 3.8) is 0 Å². The van der Waals surface area contributed by atoms with Gasteiger partial charge in [-0.2, -0.15) is 0 Å². The molecule has 138 valence electrons. The van der Waals surface area contributed by atoms with Crippen LogP contribution in [0, 0.1) is 0 Å². The van der Waals surface area contributed by atoms with Crippen LogP contribution in [0.4, 0.5) is 4.79 Å². The molecule has 0 bridgehead atoms. The number of aromatic amines is 1. The Morgan fingerprint density at radius 2 is 1.93 bits per heavy atom. The number of carbonyl (C=O) groups is 1. The molecule has 0 aliphatic heterocycles.